The summed E-state index contributed by atoms with van der Waals surface area (Å²) in [5, 5.41) is 0. The highest BCUT2D eigenvalue weighted by Crippen LogP contribution is 2.24. The second-order valence-corrected chi connectivity index (χ2v) is 4.84. The molecule has 0 fully saturated rings. The Bertz CT molecular complexity index is 413. The van der Waals surface area contributed by atoms with Gasteiger partial charge in [-0.25, -0.2) is 0 Å². The quantitative estimate of drug-likeness (QED) is 0.632. The lowest BCUT2D eigenvalue weighted by molar-refractivity contribution is 0.0684. The van der Waals surface area contributed by atoms with E-state index in [9.17, 15) is 9.59 Å². The van der Waals surface area contributed by atoms with E-state index in [0.29, 0.717) is 23.5 Å². The zero-order valence-corrected chi connectivity index (χ0v) is 10.2. The predicted molar refractivity (Wildman–Crippen MR) is 67.9 cm³/mol. The Kier molecular flexibility index (Phi) is 3.81. The monoisotopic (exact) mass is 250 g/mol. The first kappa shape index (κ1) is 12.1. The molecule has 17 heavy (non-hydrogen) atoms. The maximum absolute atomic E-state index is 11.9. The van der Waals surface area contributed by atoms with Crippen LogP contribution >= 0.6 is 11.8 Å². The highest BCUT2D eigenvalue weighted by Gasteiger charge is 2.34. The summed E-state index contributed by atoms with van der Waals surface area (Å²) in [6.45, 7) is 0.634. The van der Waals surface area contributed by atoms with Crippen LogP contribution in [-0.4, -0.2) is 34.9 Å². The molecule has 4 nitrogen and oxygen atoms in total. The van der Waals surface area contributed by atoms with Gasteiger partial charge in [-0.3, -0.25) is 14.5 Å². The van der Waals surface area contributed by atoms with Crippen molar-refractivity contribution in [3.05, 3.63) is 35.4 Å². The van der Waals surface area contributed by atoms with Crippen molar-refractivity contribution in [2.75, 3.05) is 18.2 Å². The van der Waals surface area contributed by atoms with Gasteiger partial charge in [0.1, 0.15) is 0 Å². The summed E-state index contributed by atoms with van der Waals surface area (Å²) in [5.74, 6) is 0.896. The lowest BCUT2D eigenvalue weighted by Gasteiger charge is -2.12. The molecule has 0 unspecified atom stereocenters. The molecule has 0 radical (unpaired) electrons. The first-order valence-electron chi connectivity index (χ1n) is 5.48. The molecule has 0 saturated carbocycles. The highest BCUT2D eigenvalue weighted by atomic mass is 32.2. The molecule has 1 aliphatic heterocycles. The van der Waals surface area contributed by atoms with Gasteiger partial charge >= 0.3 is 0 Å². The average molecular weight is 250 g/mol. The maximum Gasteiger partial charge on any atom is 0.262 e. The van der Waals surface area contributed by atoms with Crippen molar-refractivity contribution in [1.82, 2.24) is 4.90 Å². The van der Waals surface area contributed by atoms with Crippen LogP contribution < -0.4 is 5.73 Å². The molecule has 1 aromatic rings. The van der Waals surface area contributed by atoms with Crippen LogP contribution in [0.2, 0.25) is 0 Å². The second-order valence-electron chi connectivity index (χ2n) is 3.76. The van der Waals surface area contributed by atoms with Crippen LogP contribution in [0.3, 0.4) is 0 Å². The Morgan fingerprint density at radius 2 is 1.71 bits per heavy atom. The largest absolute Gasteiger partial charge is 0.330 e. The molecule has 0 aromatic heterocycles. The molecular weight excluding hydrogens is 236 g/mol. The summed E-state index contributed by atoms with van der Waals surface area (Å²) in [6, 6.07) is 6.93. The van der Waals surface area contributed by atoms with Crippen molar-refractivity contribution >= 4 is 23.6 Å². The third-order valence-corrected chi connectivity index (χ3v) is 3.61. The summed E-state index contributed by atoms with van der Waals surface area (Å²) in [5.41, 5.74) is 6.41. The topological polar surface area (TPSA) is 63.4 Å². The molecule has 1 heterocycles. The van der Waals surface area contributed by atoms with E-state index in [1.54, 1.807) is 36.0 Å². The minimum Gasteiger partial charge on any atom is -0.330 e. The normalized spacial score (nSPS) is 14.3. The SMILES string of the molecule is NCCCSCN1C(=O)c2ccccc2C1=O. The molecule has 2 N–H and O–H groups in total. The van der Waals surface area contributed by atoms with Crippen molar-refractivity contribution < 1.29 is 9.59 Å². The van der Waals surface area contributed by atoms with Crippen molar-refractivity contribution in [1.29, 1.82) is 0 Å². The summed E-state index contributed by atoms with van der Waals surface area (Å²) < 4.78 is 0. The molecule has 1 aromatic carbocycles. The molecule has 0 saturated heterocycles. The number of fused-ring (bicyclic) bond motifs is 1. The van der Waals surface area contributed by atoms with Crippen molar-refractivity contribution in [2.24, 2.45) is 5.73 Å². The van der Waals surface area contributed by atoms with Crippen LogP contribution in [-0.2, 0) is 0 Å². The maximum atomic E-state index is 11.9. The lowest BCUT2D eigenvalue weighted by Crippen LogP contribution is -2.29. The average Bonchev–Trinajstić information content (AvgIpc) is 2.60. The molecule has 2 rings (SSSR count). The summed E-state index contributed by atoms with van der Waals surface area (Å²) in [4.78, 5) is 25.2. The Morgan fingerprint density at radius 1 is 1.12 bits per heavy atom. The molecule has 0 spiro atoms. The number of imide groups is 1. The number of amides is 2. The number of carbonyl (C=O) groups excluding carboxylic acids is 2. The molecule has 1 aliphatic rings. The lowest BCUT2D eigenvalue weighted by atomic mass is 10.1. The van der Waals surface area contributed by atoms with Gasteiger partial charge < -0.3 is 5.73 Å². The number of hydrogen-bond acceptors (Lipinski definition) is 4. The number of thioether (sulfide) groups is 1. The van der Waals surface area contributed by atoms with Gasteiger partial charge in [-0.15, -0.1) is 11.8 Å². The summed E-state index contributed by atoms with van der Waals surface area (Å²) in [6.07, 6.45) is 0.897. The van der Waals surface area contributed by atoms with Gasteiger partial charge in [0, 0.05) is 0 Å². The fourth-order valence-corrected chi connectivity index (χ4v) is 2.61. The van der Waals surface area contributed by atoms with Crippen molar-refractivity contribution in [2.45, 2.75) is 6.42 Å². The fourth-order valence-electron chi connectivity index (χ4n) is 1.70. The van der Waals surface area contributed by atoms with Crippen LogP contribution in [0, 0.1) is 0 Å². The molecule has 0 bridgehead atoms. The van der Waals surface area contributed by atoms with Gasteiger partial charge in [0.15, 0.2) is 0 Å². The smallest absolute Gasteiger partial charge is 0.262 e. The van der Waals surface area contributed by atoms with E-state index in [-0.39, 0.29) is 11.8 Å². The minimum atomic E-state index is -0.189. The number of rotatable bonds is 5. The van der Waals surface area contributed by atoms with Gasteiger partial charge in [-0.05, 0) is 30.9 Å². The van der Waals surface area contributed by atoms with Gasteiger partial charge in [-0.1, -0.05) is 12.1 Å². The van der Waals surface area contributed by atoms with Crippen LogP contribution in [0.1, 0.15) is 27.1 Å². The predicted octanol–water partition coefficient (Wildman–Crippen LogP) is 1.32. The number of nitrogens with two attached hydrogens (primary N) is 1. The van der Waals surface area contributed by atoms with Gasteiger partial charge in [-0.2, -0.15) is 0 Å². The van der Waals surface area contributed by atoms with Gasteiger partial charge in [0.2, 0.25) is 0 Å². The number of hydrogen-bond donors (Lipinski definition) is 1. The van der Waals surface area contributed by atoms with E-state index in [1.165, 1.54) is 4.90 Å². The van der Waals surface area contributed by atoms with Crippen LogP contribution in [0.4, 0.5) is 0 Å². The van der Waals surface area contributed by atoms with Crippen molar-refractivity contribution in [3.63, 3.8) is 0 Å². The molecular formula is C12H14N2O2S. The van der Waals surface area contributed by atoms with E-state index in [2.05, 4.69) is 0 Å². The minimum absolute atomic E-state index is 0.189. The first-order valence-corrected chi connectivity index (χ1v) is 6.64. The molecule has 5 heteroatoms. The Hall–Kier alpha value is -1.33. The highest BCUT2D eigenvalue weighted by molar-refractivity contribution is 7.99. The molecule has 2 amide bonds. The van der Waals surface area contributed by atoms with Crippen LogP contribution in [0.15, 0.2) is 24.3 Å². The van der Waals surface area contributed by atoms with Gasteiger partial charge in [0.05, 0.1) is 17.0 Å². The van der Waals surface area contributed by atoms with E-state index in [1.807, 2.05) is 0 Å². The Labute approximate surface area is 104 Å². The standard InChI is InChI=1S/C12H14N2O2S/c13-6-3-7-17-8-14-11(15)9-4-1-2-5-10(9)12(14)16/h1-2,4-5H,3,6-8,13H2. The second kappa shape index (κ2) is 5.33. The van der Waals surface area contributed by atoms with E-state index in [4.69, 9.17) is 5.73 Å². The number of nitrogens with zero attached hydrogens (tertiary/aromatic N) is 1. The zero-order valence-electron chi connectivity index (χ0n) is 9.39. The Morgan fingerprint density at radius 3 is 2.24 bits per heavy atom. The number of carbonyl (C=O) groups is 2. The van der Waals surface area contributed by atoms with Crippen LogP contribution in [0.25, 0.3) is 0 Å². The fraction of sp³-hybridized carbons (Fsp3) is 0.333. The third kappa shape index (κ3) is 2.35. The zero-order chi connectivity index (χ0) is 12.3. The van der Waals surface area contributed by atoms with E-state index in [0.717, 1.165) is 12.2 Å². The Balaban J connectivity index is 2.03. The van der Waals surface area contributed by atoms with E-state index < -0.39 is 0 Å². The molecule has 90 valence electrons. The molecule has 0 aliphatic carbocycles. The third-order valence-electron chi connectivity index (χ3n) is 2.59. The summed E-state index contributed by atoms with van der Waals surface area (Å²) in [7, 11) is 0. The van der Waals surface area contributed by atoms with Gasteiger partial charge in [0.25, 0.3) is 11.8 Å². The van der Waals surface area contributed by atoms with Crippen molar-refractivity contribution in [3.8, 4) is 0 Å². The summed E-state index contributed by atoms with van der Waals surface area (Å²) >= 11 is 1.56. The van der Waals surface area contributed by atoms with Crippen LogP contribution in [0.5, 0.6) is 0 Å². The van der Waals surface area contributed by atoms with E-state index >= 15 is 0 Å². The first-order chi connectivity index (χ1) is 8.25. The molecule has 0 atom stereocenters. The number of benzene rings is 1.